The van der Waals surface area contributed by atoms with Crippen LogP contribution in [0, 0.1) is 0 Å². The highest BCUT2D eigenvalue weighted by molar-refractivity contribution is 8.18. The third-order valence-electron chi connectivity index (χ3n) is 6.32. The first-order chi connectivity index (χ1) is 17.1. The summed E-state index contributed by atoms with van der Waals surface area (Å²) in [5.41, 5.74) is 3.54. The Morgan fingerprint density at radius 1 is 0.806 bits per heavy atom. The van der Waals surface area contributed by atoms with Crippen LogP contribution in [0.3, 0.4) is 0 Å². The van der Waals surface area contributed by atoms with E-state index in [2.05, 4.69) is 5.32 Å². The second-order valence-electron chi connectivity index (χ2n) is 8.57. The molecule has 1 aliphatic rings. The van der Waals surface area contributed by atoms with Gasteiger partial charge in [-0.15, -0.1) is 0 Å². The average molecular weight is 507 g/mol. The number of benzene rings is 2. The molecule has 184 valence electrons. The number of carbonyl (C=O) groups excluding carboxylic acids is 3. The maximum atomic E-state index is 12.9. The second kappa shape index (κ2) is 8.41. The van der Waals surface area contributed by atoms with Crippen molar-refractivity contribution in [3.63, 3.8) is 0 Å². The highest BCUT2D eigenvalue weighted by atomic mass is 32.2. The molecule has 12 heteroatoms. The zero-order valence-corrected chi connectivity index (χ0v) is 20.8. The van der Waals surface area contributed by atoms with Gasteiger partial charge in [-0.25, -0.2) is 9.59 Å². The Morgan fingerprint density at radius 2 is 1.36 bits per heavy atom. The normalized spacial score (nSPS) is 15.1. The van der Waals surface area contributed by atoms with Gasteiger partial charge in [0.1, 0.15) is 6.54 Å². The number of imide groups is 1. The van der Waals surface area contributed by atoms with Gasteiger partial charge in [0.05, 0.1) is 27.0 Å². The monoisotopic (exact) mass is 506 g/mol. The van der Waals surface area contributed by atoms with Gasteiger partial charge >= 0.3 is 11.4 Å². The van der Waals surface area contributed by atoms with Crippen molar-refractivity contribution in [2.75, 3.05) is 11.9 Å². The molecule has 3 amide bonds. The van der Waals surface area contributed by atoms with Crippen molar-refractivity contribution in [2.45, 2.75) is 0 Å². The van der Waals surface area contributed by atoms with E-state index in [0.717, 1.165) is 22.2 Å². The maximum Gasteiger partial charge on any atom is 0.328 e. The molecular formula is C24H22N6O5S. The van der Waals surface area contributed by atoms with Gasteiger partial charge < -0.3 is 5.32 Å². The Hall–Kier alpha value is -4.32. The minimum absolute atomic E-state index is 0.165. The van der Waals surface area contributed by atoms with Gasteiger partial charge in [-0.2, -0.15) is 0 Å². The van der Waals surface area contributed by atoms with Crippen LogP contribution < -0.4 is 16.7 Å². The lowest BCUT2D eigenvalue weighted by molar-refractivity contribution is -0.127. The van der Waals surface area contributed by atoms with Crippen LogP contribution in [-0.4, -0.2) is 46.8 Å². The van der Waals surface area contributed by atoms with E-state index >= 15 is 0 Å². The maximum absolute atomic E-state index is 12.9. The third kappa shape index (κ3) is 3.66. The lowest BCUT2D eigenvalue weighted by atomic mass is 10.2. The summed E-state index contributed by atoms with van der Waals surface area (Å²) in [6.07, 6.45) is 1.57. The first-order valence-corrected chi connectivity index (χ1v) is 11.7. The largest absolute Gasteiger partial charge is 0.328 e. The summed E-state index contributed by atoms with van der Waals surface area (Å²) in [7, 11) is 6.64. The topological polar surface area (TPSA) is 120 Å². The molecule has 2 aromatic heterocycles. The van der Waals surface area contributed by atoms with Crippen LogP contribution in [0.1, 0.15) is 5.56 Å². The van der Waals surface area contributed by atoms with E-state index in [1.54, 1.807) is 70.7 Å². The lowest BCUT2D eigenvalue weighted by Gasteiger charge is -2.12. The molecule has 4 aromatic rings. The SMILES string of the molecule is Cn1c(=O)n(C)c2cc(/C=C3/SC(=O)N(CC(=O)Nc4ccc5c(c4)n(C)c(=O)n5C)C3=O)ccc21. The van der Waals surface area contributed by atoms with E-state index in [4.69, 9.17) is 0 Å². The zero-order chi connectivity index (χ0) is 25.9. The third-order valence-corrected chi connectivity index (χ3v) is 7.23. The zero-order valence-electron chi connectivity index (χ0n) is 19.9. The van der Waals surface area contributed by atoms with Crippen molar-refractivity contribution >= 4 is 62.6 Å². The summed E-state index contributed by atoms with van der Waals surface area (Å²) >= 11 is 0.755. The highest BCUT2D eigenvalue weighted by Gasteiger charge is 2.36. The van der Waals surface area contributed by atoms with Crippen LogP contribution in [0.4, 0.5) is 10.5 Å². The molecule has 0 radical (unpaired) electrons. The van der Waals surface area contributed by atoms with Crippen LogP contribution in [0.5, 0.6) is 0 Å². The van der Waals surface area contributed by atoms with Gasteiger partial charge in [0.25, 0.3) is 11.1 Å². The van der Waals surface area contributed by atoms with Gasteiger partial charge in [-0.3, -0.25) is 37.6 Å². The molecule has 3 heterocycles. The van der Waals surface area contributed by atoms with Gasteiger partial charge in [-0.1, -0.05) is 6.07 Å². The molecule has 0 bridgehead atoms. The van der Waals surface area contributed by atoms with E-state index in [1.165, 1.54) is 18.3 Å². The Balaban J connectivity index is 1.34. The molecule has 36 heavy (non-hydrogen) atoms. The number of amides is 3. The quantitative estimate of drug-likeness (QED) is 0.421. The molecule has 1 aliphatic heterocycles. The minimum Gasteiger partial charge on any atom is -0.324 e. The number of rotatable bonds is 4. The van der Waals surface area contributed by atoms with Crippen molar-refractivity contribution in [3.8, 4) is 0 Å². The Labute approximate surface area is 208 Å². The Morgan fingerprint density at radius 3 is 2.00 bits per heavy atom. The fourth-order valence-corrected chi connectivity index (χ4v) is 5.17. The van der Waals surface area contributed by atoms with Gasteiger partial charge in [-0.05, 0) is 53.7 Å². The molecule has 0 aliphatic carbocycles. The van der Waals surface area contributed by atoms with Crippen LogP contribution in [0.15, 0.2) is 50.9 Å². The van der Waals surface area contributed by atoms with Crippen molar-refractivity contribution in [3.05, 3.63) is 67.8 Å². The summed E-state index contributed by atoms with van der Waals surface area (Å²) in [5.74, 6) is -1.11. The fraction of sp³-hybridized carbons (Fsp3) is 0.208. The molecule has 1 saturated heterocycles. The van der Waals surface area contributed by atoms with Gasteiger partial charge in [0.2, 0.25) is 5.91 Å². The smallest absolute Gasteiger partial charge is 0.324 e. The molecule has 0 unspecified atom stereocenters. The molecule has 0 spiro atoms. The lowest BCUT2D eigenvalue weighted by Crippen LogP contribution is -2.36. The molecular weight excluding hydrogens is 484 g/mol. The van der Waals surface area contributed by atoms with E-state index in [-0.39, 0.29) is 16.3 Å². The summed E-state index contributed by atoms with van der Waals surface area (Å²) in [5, 5.41) is 2.14. The number of anilines is 1. The molecule has 2 aromatic carbocycles. The number of imidazole rings is 2. The second-order valence-corrected chi connectivity index (χ2v) is 9.56. The Bertz CT molecular complexity index is 1770. The number of nitrogens with one attached hydrogen (secondary N) is 1. The predicted octanol–water partition coefficient (Wildman–Crippen LogP) is 1.74. The van der Waals surface area contributed by atoms with E-state index in [9.17, 15) is 24.0 Å². The van der Waals surface area contributed by atoms with Gasteiger partial charge in [0.15, 0.2) is 0 Å². The first kappa shape index (κ1) is 23.4. The van der Waals surface area contributed by atoms with Crippen LogP contribution in [0.2, 0.25) is 0 Å². The summed E-state index contributed by atoms with van der Waals surface area (Å²) in [6.45, 7) is -0.444. The van der Waals surface area contributed by atoms with Crippen molar-refractivity contribution in [1.82, 2.24) is 23.2 Å². The standard InChI is InChI=1S/C24H22N6O5S/c1-26-15-7-5-13(9-17(15)28(3)22(26)33)10-19-21(32)30(24(35)36-19)12-20(31)25-14-6-8-16-18(11-14)29(4)23(34)27(16)2/h5-11H,12H2,1-4H3,(H,25,31)/b19-10+. The first-order valence-electron chi connectivity index (χ1n) is 10.9. The number of fused-ring (bicyclic) bond motifs is 2. The van der Waals surface area contributed by atoms with E-state index in [1.807, 2.05) is 0 Å². The molecule has 5 rings (SSSR count). The average Bonchev–Trinajstić information content (AvgIpc) is 3.33. The van der Waals surface area contributed by atoms with Crippen LogP contribution in [-0.2, 0) is 37.8 Å². The summed E-state index contributed by atoms with van der Waals surface area (Å²) < 4.78 is 6.01. The summed E-state index contributed by atoms with van der Waals surface area (Å²) in [6, 6.07) is 10.3. The van der Waals surface area contributed by atoms with E-state index in [0.29, 0.717) is 27.8 Å². The molecule has 1 N–H and O–H groups in total. The molecule has 0 atom stereocenters. The number of thioether (sulfide) groups is 1. The number of aromatic nitrogens is 4. The van der Waals surface area contributed by atoms with Crippen molar-refractivity contribution < 1.29 is 14.4 Å². The fourth-order valence-electron chi connectivity index (χ4n) is 4.33. The van der Waals surface area contributed by atoms with E-state index < -0.39 is 23.6 Å². The number of hydrogen-bond acceptors (Lipinski definition) is 6. The highest BCUT2D eigenvalue weighted by Crippen LogP contribution is 2.32. The number of aryl methyl sites for hydroxylation is 4. The predicted molar refractivity (Wildman–Crippen MR) is 138 cm³/mol. The Kier molecular flexibility index (Phi) is 5.47. The number of carbonyl (C=O) groups is 3. The minimum atomic E-state index is -0.567. The molecule has 0 saturated carbocycles. The van der Waals surface area contributed by atoms with Crippen LogP contribution in [0.25, 0.3) is 28.1 Å². The summed E-state index contributed by atoms with van der Waals surface area (Å²) in [4.78, 5) is 63.4. The number of nitrogens with zero attached hydrogens (tertiary/aromatic N) is 5. The molecule has 1 fully saturated rings. The van der Waals surface area contributed by atoms with Crippen LogP contribution >= 0.6 is 11.8 Å². The van der Waals surface area contributed by atoms with Gasteiger partial charge in [0, 0.05) is 33.9 Å². The van der Waals surface area contributed by atoms with Crippen molar-refractivity contribution in [2.24, 2.45) is 28.2 Å². The number of hydrogen-bond donors (Lipinski definition) is 1. The molecule has 11 nitrogen and oxygen atoms in total. The van der Waals surface area contributed by atoms with Crippen molar-refractivity contribution in [1.29, 1.82) is 0 Å².